The second-order valence-electron chi connectivity index (χ2n) is 3.96. The summed E-state index contributed by atoms with van der Waals surface area (Å²) in [5, 5.41) is 6.33. The molecule has 0 radical (unpaired) electrons. The highest BCUT2D eigenvalue weighted by Gasteiger charge is 2.11. The SMILES string of the molecule is CNC(C)c1csc(N(C)c2ccccc2)n1. The van der Waals surface area contributed by atoms with E-state index in [0.717, 1.165) is 16.5 Å². The molecule has 0 aliphatic carbocycles. The van der Waals surface area contributed by atoms with Crippen LogP contribution in [0.25, 0.3) is 0 Å². The molecule has 1 aromatic carbocycles. The summed E-state index contributed by atoms with van der Waals surface area (Å²) in [5.74, 6) is 0. The van der Waals surface area contributed by atoms with Crippen LogP contribution in [0.5, 0.6) is 0 Å². The lowest BCUT2D eigenvalue weighted by atomic mass is 10.3. The molecule has 1 N–H and O–H groups in total. The predicted octanol–water partition coefficient (Wildman–Crippen LogP) is 3.19. The number of rotatable bonds is 4. The fraction of sp³-hybridized carbons (Fsp3) is 0.308. The maximum Gasteiger partial charge on any atom is 0.189 e. The van der Waals surface area contributed by atoms with Gasteiger partial charge in [0.15, 0.2) is 5.13 Å². The van der Waals surface area contributed by atoms with E-state index >= 15 is 0 Å². The molecular formula is C13H17N3S. The average Bonchev–Trinajstić information content (AvgIpc) is 2.87. The van der Waals surface area contributed by atoms with Gasteiger partial charge in [-0.25, -0.2) is 4.98 Å². The van der Waals surface area contributed by atoms with Crippen LogP contribution in [0, 0.1) is 0 Å². The minimum Gasteiger partial charge on any atom is -0.321 e. The van der Waals surface area contributed by atoms with Crippen molar-refractivity contribution in [1.82, 2.24) is 10.3 Å². The number of thiazole rings is 1. The molecule has 1 heterocycles. The van der Waals surface area contributed by atoms with Crippen molar-refractivity contribution >= 4 is 22.2 Å². The van der Waals surface area contributed by atoms with Crippen molar-refractivity contribution in [2.75, 3.05) is 19.0 Å². The van der Waals surface area contributed by atoms with Crippen LogP contribution in [0.15, 0.2) is 35.7 Å². The standard InChI is InChI=1S/C13H17N3S/c1-10(14-2)12-9-17-13(15-12)16(3)11-7-5-4-6-8-11/h4-10,14H,1-3H3. The van der Waals surface area contributed by atoms with Gasteiger partial charge in [0.05, 0.1) is 5.69 Å². The summed E-state index contributed by atoms with van der Waals surface area (Å²) in [4.78, 5) is 6.75. The Morgan fingerprint density at radius 2 is 2.00 bits per heavy atom. The quantitative estimate of drug-likeness (QED) is 0.899. The Labute approximate surface area is 106 Å². The topological polar surface area (TPSA) is 28.2 Å². The zero-order valence-corrected chi connectivity index (χ0v) is 11.2. The Morgan fingerprint density at radius 3 is 2.65 bits per heavy atom. The molecule has 0 amide bonds. The number of para-hydroxylation sites is 1. The molecule has 0 aliphatic heterocycles. The fourth-order valence-electron chi connectivity index (χ4n) is 1.54. The number of hydrogen-bond acceptors (Lipinski definition) is 4. The lowest BCUT2D eigenvalue weighted by Crippen LogP contribution is -2.13. The first-order chi connectivity index (χ1) is 8.22. The van der Waals surface area contributed by atoms with Crippen LogP contribution in [0.3, 0.4) is 0 Å². The first-order valence-electron chi connectivity index (χ1n) is 5.64. The molecule has 1 atom stereocenters. The summed E-state index contributed by atoms with van der Waals surface area (Å²) in [6.45, 7) is 2.11. The van der Waals surface area contributed by atoms with E-state index in [4.69, 9.17) is 0 Å². The van der Waals surface area contributed by atoms with Gasteiger partial charge in [0, 0.05) is 24.2 Å². The van der Waals surface area contributed by atoms with E-state index < -0.39 is 0 Å². The Kier molecular flexibility index (Phi) is 3.76. The molecule has 90 valence electrons. The third-order valence-corrected chi connectivity index (χ3v) is 3.75. The highest BCUT2D eigenvalue weighted by molar-refractivity contribution is 7.13. The van der Waals surface area contributed by atoms with E-state index in [1.165, 1.54) is 0 Å². The number of nitrogens with zero attached hydrogens (tertiary/aromatic N) is 2. The van der Waals surface area contributed by atoms with Crippen LogP contribution in [0.4, 0.5) is 10.8 Å². The van der Waals surface area contributed by atoms with Crippen LogP contribution in [-0.2, 0) is 0 Å². The molecule has 2 aromatic rings. The van der Waals surface area contributed by atoms with Gasteiger partial charge < -0.3 is 10.2 Å². The Morgan fingerprint density at radius 1 is 1.29 bits per heavy atom. The Hall–Kier alpha value is -1.39. The Bertz CT molecular complexity index is 467. The third kappa shape index (κ3) is 2.65. The number of benzene rings is 1. The summed E-state index contributed by atoms with van der Waals surface area (Å²) in [6.07, 6.45) is 0. The zero-order valence-electron chi connectivity index (χ0n) is 10.3. The van der Waals surface area contributed by atoms with Gasteiger partial charge in [-0.3, -0.25) is 0 Å². The summed E-state index contributed by atoms with van der Waals surface area (Å²) in [7, 11) is 3.99. The Balaban J connectivity index is 2.20. The van der Waals surface area contributed by atoms with Crippen molar-refractivity contribution in [3.05, 3.63) is 41.4 Å². The lowest BCUT2D eigenvalue weighted by molar-refractivity contribution is 0.637. The minimum atomic E-state index is 0.296. The van der Waals surface area contributed by atoms with Crippen molar-refractivity contribution < 1.29 is 0 Å². The van der Waals surface area contributed by atoms with E-state index in [1.54, 1.807) is 11.3 Å². The first-order valence-corrected chi connectivity index (χ1v) is 6.52. The summed E-state index contributed by atoms with van der Waals surface area (Å²) >= 11 is 1.67. The number of anilines is 2. The monoisotopic (exact) mass is 247 g/mol. The maximum atomic E-state index is 4.64. The van der Waals surface area contributed by atoms with Crippen LogP contribution >= 0.6 is 11.3 Å². The molecular weight excluding hydrogens is 230 g/mol. The van der Waals surface area contributed by atoms with Crippen molar-refractivity contribution in [2.24, 2.45) is 0 Å². The van der Waals surface area contributed by atoms with Gasteiger partial charge in [-0.15, -0.1) is 11.3 Å². The van der Waals surface area contributed by atoms with E-state index in [-0.39, 0.29) is 0 Å². The minimum absolute atomic E-state index is 0.296. The lowest BCUT2D eigenvalue weighted by Gasteiger charge is -2.15. The molecule has 0 saturated carbocycles. The smallest absolute Gasteiger partial charge is 0.189 e. The third-order valence-electron chi connectivity index (χ3n) is 2.82. The molecule has 1 aromatic heterocycles. The second-order valence-corrected chi connectivity index (χ2v) is 4.80. The van der Waals surface area contributed by atoms with Crippen LogP contribution in [0.1, 0.15) is 18.7 Å². The van der Waals surface area contributed by atoms with Gasteiger partial charge in [0.25, 0.3) is 0 Å². The molecule has 0 saturated heterocycles. The van der Waals surface area contributed by atoms with Gasteiger partial charge in [-0.2, -0.15) is 0 Å². The van der Waals surface area contributed by atoms with Crippen molar-refractivity contribution in [2.45, 2.75) is 13.0 Å². The first kappa shape index (κ1) is 12.1. The molecule has 0 bridgehead atoms. The zero-order chi connectivity index (χ0) is 12.3. The van der Waals surface area contributed by atoms with E-state index in [2.05, 4.69) is 39.6 Å². The molecule has 2 rings (SSSR count). The molecule has 4 heteroatoms. The summed E-state index contributed by atoms with van der Waals surface area (Å²) in [6, 6.07) is 10.6. The largest absolute Gasteiger partial charge is 0.321 e. The molecule has 3 nitrogen and oxygen atoms in total. The number of aromatic nitrogens is 1. The normalized spacial score (nSPS) is 12.4. The predicted molar refractivity (Wildman–Crippen MR) is 74.1 cm³/mol. The van der Waals surface area contributed by atoms with Crippen molar-refractivity contribution in [3.63, 3.8) is 0 Å². The van der Waals surface area contributed by atoms with Crippen LogP contribution in [-0.4, -0.2) is 19.1 Å². The molecule has 0 spiro atoms. The molecule has 0 fully saturated rings. The van der Waals surface area contributed by atoms with Gasteiger partial charge >= 0.3 is 0 Å². The van der Waals surface area contributed by atoms with Crippen LogP contribution in [0.2, 0.25) is 0 Å². The van der Waals surface area contributed by atoms with E-state index in [1.807, 2.05) is 32.3 Å². The maximum absolute atomic E-state index is 4.64. The van der Waals surface area contributed by atoms with Gasteiger partial charge in [0.2, 0.25) is 0 Å². The molecule has 17 heavy (non-hydrogen) atoms. The molecule has 0 aliphatic rings. The van der Waals surface area contributed by atoms with Crippen LogP contribution < -0.4 is 10.2 Å². The van der Waals surface area contributed by atoms with Gasteiger partial charge in [0.1, 0.15) is 0 Å². The van der Waals surface area contributed by atoms with Gasteiger partial charge in [-0.1, -0.05) is 18.2 Å². The highest BCUT2D eigenvalue weighted by atomic mass is 32.1. The number of hydrogen-bond donors (Lipinski definition) is 1. The molecule has 1 unspecified atom stereocenters. The summed E-state index contributed by atoms with van der Waals surface area (Å²) < 4.78 is 0. The number of nitrogens with one attached hydrogen (secondary N) is 1. The van der Waals surface area contributed by atoms with E-state index in [9.17, 15) is 0 Å². The van der Waals surface area contributed by atoms with Crippen molar-refractivity contribution in [1.29, 1.82) is 0 Å². The summed E-state index contributed by atoms with van der Waals surface area (Å²) in [5.41, 5.74) is 2.25. The second kappa shape index (κ2) is 5.29. The van der Waals surface area contributed by atoms with Crippen molar-refractivity contribution in [3.8, 4) is 0 Å². The van der Waals surface area contributed by atoms with Gasteiger partial charge in [-0.05, 0) is 26.1 Å². The fourth-order valence-corrected chi connectivity index (χ4v) is 2.44. The average molecular weight is 247 g/mol. The highest BCUT2D eigenvalue weighted by Crippen LogP contribution is 2.28. The van der Waals surface area contributed by atoms with E-state index in [0.29, 0.717) is 6.04 Å².